The third kappa shape index (κ3) is 0.762. The van der Waals surface area contributed by atoms with Crippen molar-refractivity contribution >= 4 is 22.8 Å². The molecule has 14 heavy (non-hydrogen) atoms. The summed E-state index contributed by atoms with van der Waals surface area (Å²) < 4.78 is 1.46. The first-order valence-corrected chi connectivity index (χ1v) is 3.79. The molecule has 68 valence electrons. The molecule has 8 heteroatoms. The lowest BCUT2D eigenvalue weighted by Crippen LogP contribution is -2.03. The Morgan fingerprint density at radius 1 is 1.07 bits per heavy atom. The first-order valence-electron chi connectivity index (χ1n) is 3.79. The molecule has 0 aliphatic rings. The molecule has 3 aromatic rings. The highest BCUT2D eigenvalue weighted by molar-refractivity contribution is 5.80. The van der Waals surface area contributed by atoms with E-state index in [1.54, 1.807) is 0 Å². The largest absolute Gasteiger partial charge is 0.382 e. The zero-order valence-electron chi connectivity index (χ0n) is 6.86. The molecule has 3 heterocycles. The van der Waals surface area contributed by atoms with Crippen molar-refractivity contribution in [3.8, 4) is 0 Å². The van der Waals surface area contributed by atoms with Crippen LogP contribution >= 0.6 is 0 Å². The summed E-state index contributed by atoms with van der Waals surface area (Å²) in [6.45, 7) is 0. The van der Waals surface area contributed by atoms with Gasteiger partial charge in [0.05, 0.1) is 0 Å². The summed E-state index contributed by atoms with van der Waals surface area (Å²) in [5, 5.41) is 11.6. The Morgan fingerprint density at radius 2 is 2.00 bits per heavy atom. The zero-order valence-corrected chi connectivity index (χ0v) is 6.86. The van der Waals surface area contributed by atoms with Gasteiger partial charge in [0.15, 0.2) is 17.0 Å². The minimum Gasteiger partial charge on any atom is -0.382 e. The van der Waals surface area contributed by atoms with E-state index in [0.717, 1.165) is 0 Å². The van der Waals surface area contributed by atoms with Crippen LogP contribution in [0.4, 0.5) is 5.82 Å². The predicted molar refractivity (Wildman–Crippen MR) is 46.1 cm³/mol. The van der Waals surface area contributed by atoms with Crippen LogP contribution in [0.2, 0.25) is 0 Å². The number of anilines is 1. The van der Waals surface area contributed by atoms with Crippen molar-refractivity contribution in [3.63, 3.8) is 0 Å². The second-order valence-electron chi connectivity index (χ2n) is 2.60. The molecule has 0 amide bonds. The monoisotopic (exact) mass is 188 g/mol. The molecule has 0 radical (unpaired) electrons. The Labute approximate surface area is 76.8 Å². The topological polar surface area (TPSA) is 108 Å². The van der Waals surface area contributed by atoms with Crippen molar-refractivity contribution in [1.82, 2.24) is 34.8 Å². The second kappa shape index (κ2) is 2.31. The van der Waals surface area contributed by atoms with Gasteiger partial charge < -0.3 is 5.73 Å². The van der Waals surface area contributed by atoms with E-state index >= 15 is 0 Å². The number of nitrogens with two attached hydrogens (primary N) is 1. The van der Waals surface area contributed by atoms with Gasteiger partial charge in [-0.3, -0.25) is 0 Å². The Kier molecular flexibility index (Phi) is 1.17. The fraction of sp³-hybridized carbons (Fsp3) is 0. The predicted octanol–water partition coefficient (Wildman–Crippen LogP) is -0.955. The van der Waals surface area contributed by atoms with Gasteiger partial charge in [-0.2, -0.15) is 14.6 Å². The number of aromatic nitrogens is 7. The standard InChI is InChI=1S/C6H4N8/c7-4-3-5(9-1-8-4)14-6(13-12-3)10-2-11-14/h1-2H,(H2,7,8,9). The highest BCUT2D eigenvalue weighted by atomic mass is 15.4. The molecule has 3 aromatic heterocycles. The third-order valence-electron chi connectivity index (χ3n) is 1.80. The number of nitrogens with zero attached hydrogens (tertiary/aromatic N) is 7. The molecule has 8 nitrogen and oxygen atoms in total. The lowest BCUT2D eigenvalue weighted by molar-refractivity contribution is 0.916. The summed E-state index contributed by atoms with van der Waals surface area (Å²) in [4.78, 5) is 11.7. The molecular weight excluding hydrogens is 184 g/mol. The summed E-state index contributed by atoms with van der Waals surface area (Å²) >= 11 is 0. The molecule has 0 aromatic carbocycles. The number of fused-ring (bicyclic) bond motifs is 3. The van der Waals surface area contributed by atoms with E-state index < -0.39 is 0 Å². The molecule has 0 unspecified atom stereocenters. The van der Waals surface area contributed by atoms with E-state index in [-0.39, 0.29) is 5.82 Å². The molecule has 2 N–H and O–H groups in total. The van der Waals surface area contributed by atoms with Crippen LogP contribution in [0.25, 0.3) is 16.9 Å². The number of nitrogen functional groups attached to an aromatic ring is 1. The zero-order chi connectivity index (χ0) is 9.54. The third-order valence-corrected chi connectivity index (χ3v) is 1.80. The van der Waals surface area contributed by atoms with Gasteiger partial charge in [0.2, 0.25) is 0 Å². The van der Waals surface area contributed by atoms with Gasteiger partial charge in [-0.1, -0.05) is 0 Å². The van der Waals surface area contributed by atoms with Crippen LogP contribution in [-0.4, -0.2) is 34.8 Å². The number of hydrogen-bond acceptors (Lipinski definition) is 7. The van der Waals surface area contributed by atoms with Gasteiger partial charge in [0.1, 0.15) is 12.7 Å². The minimum absolute atomic E-state index is 0.278. The number of hydrogen-bond donors (Lipinski definition) is 1. The molecule has 0 aliphatic carbocycles. The highest BCUT2D eigenvalue weighted by Crippen LogP contribution is 2.11. The van der Waals surface area contributed by atoms with E-state index in [1.807, 2.05) is 0 Å². The van der Waals surface area contributed by atoms with Crippen molar-refractivity contribution in [2.75, 3.05) is 5.73 Å². The van der Waals surface area contributed by atoms with Gasteiger partial charge in [-0.15, -0.1) is 10.2 Å². The molecular formula is C6H4N8. The van der Waals surface area contributed by atoms with Gasteiger partial charge in [-0.05, 0) is 0 Å². The lowest BCUT2D eigenvalue weighted by Gasteiger charge is -1.98. The fourth-order valence-electron chi connectivity index (χ4n) is 1.18. The molecule has 0 fully saturated rings. The Balaban J connectivity index is 2.64. The average molecular weight is 188 g/mol. The maximum atomic E-state index is 5.60. The first kappa shape index (κ1) is 7.06. The van der Waals surface area contributed by atoms with Crippen molar-refractivity contribution in [2.45, 2.75) is 0 Å². The first-order chi connectivity index (χ1) is 6.86. The Morgan fingerprint density at radius 3 is 2.93 bits per heavy atom. The van der Waals surface area contributed by atoms with Crippen LogP contribution in [0.15, 0.2) is 12.7 Å². The van der Waals surface area contributed by atoms with Gasteiger partial charge >= 0.3 is 0 Å². The van der Waals surface area contributed by atoms with E-state index in [0.29, 0.717) is 16.9 Å². The molecule has 0 saturated carbocycles. The van der Waals surface area contributed by atoms with Crippen LogP contribution in [0.5, 0.6) is 0 Å². The van der Waals surface area contributed by atoms with E-state index in [2.05, 4.69) is 30.2 Å². The minimum atomic E-state index is 0.278. The van der Waals surface area contributed by atoms with Gasteiger partial charge in [0, 0.05) is 0 Å². The van der Waals surface area contributed by atoms with Crippen LogP contribution < -0.4 is 5.73 Å². The quantitative estimate of drug-likeness (QED) is 0.484. The van der Waals surface area contributed by atoms with Crippen LogP contribution in [-0.2, 0) is 0 Å². The summed E-state index contributed by atoms with van der Waals surface area (Å²) in [7, 11) is 0. The summed E-state index contributed by atoms with van der Waals surface area (Å²) in [5.74, 6) is 0.663. The SMILES string of the molecule is Nc1ncnc2c1nnc1ncnn12. The van der Waals surface area contributed by atoms with Crippen LogP contribution in [0, 0.1) is 0 Å². The van der Waals surface area contributed by atoms with E-state index in [1.165, 1.54) is 17.2 Å². The summed E-state index contributed by atoms with van der Waals surface area (Å²) in [6, 6.07) is 0. The normalized spacial score (nSPS) is 11.1. The van der Waals surface area contributed by atoms with Crippen molar-refractivity contribution in [2.24, 2.45) is 0 Å². The number of rotatable bonds is 0. The summed E-state index contributed by atoms with van der Waals surface area (Å²) in [5.41, 5.74) is 6.52. The van der Waals surface area contributed by atoms with Crippen LogP contribution in [0.3, 0.4) is 0 Å². The van der Waals surface area contributed by atoms with Crippen molar-refractivity contribution in [3.05, 3.63) is 12.7 Å². The maximum absolute atomic E-state index is 5.60. The molecule has 0 atom stereocenters. The second-order valence-corrected chi connectivity index (χ2v) is 2.60. The lowest BCUT2D eigenvalue weighted by atomic mass is 10.5. The van der Waals surface area contributed by atoms with E-state index in [4.69, 9.17) is 5.73 Å². The van der Waals surface area contributed by atoms with Gasteiger partial charge in [0.25, 0.3) is 5.78 Å². The Hall–Kier alpha value is -2.38. The highest BCUT2D eigenvalue weighted by Gasteiger charge is 2.08. The molecule has 0 saturated heterocycles. The smallest absolute Gasteiger partial charge is 0.273 e. The average Bonchev–Trinajstić information content (AvgIpc) is 2.66. The maximum Gasteiger partial charge on any atom is 0.273 e. The van der Waals surface area contributed by atoms with Gasteiger partial charge in [-0.25, -0.2) is 9.97 Å². The fourth-order valence-corrected chi connectivity index (χ4v) is 1.18. The summed E-state index contributed by atoms with van der Waals surface area (Å²) in [6.07, 6.45) is 2.72. The molecule has 0 bridgehead atoms. The van der Waals surface area contributed by atoms with E-state index in [9.17, 15) is 0 Å². The van der Waals surface area contributed by atoms with Crippen molar-refractivity contribution < 1.29 is 0 Å². The van der Waals surface area contributed by atoms with Crippen molar-refractivity contribution in [1.29, 1.82) is 0 Å². The molecule has 0 spiro atoms. The Bertz CT molecular complexity index is 613. The molecule has 3 rings (SSSR count). The molecule has 0 aliphatic heterocycles. The van der Waals surface area contributed by atoms with Crippen LogP contribution in [0.1, 0.15) is 0 Å².